The second-order valence-corrected chi connectivity index (χ2v) is 17.7. The Morgan fingerprint density at radius 1 is 0.296 bits per heavy atom. The molecule has 396 valence electrons. The van der Waals surface area contributed by atoms with Gasteiger partial charge in [0, 0.05) is 19.3 Å². The van der Waals surface area contributed by atoms with Crippen molar-refractivity contribution < 1.29 is 28.6 Å². The van der Waals surface area contributed by atoms with Crippen LogP contribution in [0.1, 0.15) is 213 Å². The summed E-state index contributed by atoms with van der Waals surface area (Å²) in [6.07, 6.45) is 83.8. The average Bonchev–Trinajstić information content (AvgIpc) is 3.37. The van der Waals surface area contributed by atoms with Gasteiger partial charge in [0.25, 0.3) is 0 Å². The van der Waals surface area contributed by atoms with E-state index in [0.717, 1.165) is 122 Å². The van der Waals surface area contributed by atoms with E-state index >= 15 is 0 Å². The van der Waals surface area contributed by atoms with Crippen LogP contribution in [-0.2, 0) is 28.6 Å². The summed E-state index contributed by atoms with van der Waals surface area (Å²) in [5.74, 6) is -1.08. The van der Waals surface area contributed by atoms with E-state index < -0.39 is 6.10 Å². The molecule has 1 atom stereocenters. The molecule has 0 aromatic carbocycles. The predicted molar refractivity (Wildman–Crippen MR) is 306 cm³/mol. The smallest absolute Gasteiger partial charge is 0.306 e. The number of rotatable bonds is 48. The van der Waals surface area contributed by atoms with E-state index in [4.69, 9.17) is 14.2 Å². The van der Waals surface area contributed by atoms with Crippen LogP contribution in [0.25, 0.3) is 0 Å². The largest absolute Gasteiger partial charge is 0.462 e. The normalized spacial score (nSPS) is 13.3. The summed E-state index contributed by atoms with van der Waals surface area (Å²) < 4.78 is 16.7. The van der Waals surface area contributed by atoms with Gasteiger partial charge in [-0.3, -0.25) is 14.4 Å². The molecule has 0 spiro atoms. The van der Waals surface area contributed by atoms with Crippen molar-refractivity contribution >= 4 is 17.9 Å². The van der Waals surface area contributed by atoms with Crippen molar-refractivity contribution in [2.24, 2.45) is 0 Å². The summed E-state index contributed by atoms with van der Waals surface area (Å²) in [6, 6.07) is 0. The van der Waals surface area contributed by atoms with Gasteiger partial charge in [-0.25, -0.2) is 0 Å². The number of allylic oxidation sites excluding steroid dienone is 26. The third kappa shape index (κ3) is 55.8. The highest BCUT2D eigenvalue weighted by molar-refractivity contribution is 5.71. The molecule has 0 rings (SSSR count). The lowest BCUT2D eigenvalue weighted by molar-refractivity contribution is -0.166. The minimum absolute atomic E-state index is 0.136. The van der Waals surface area contributed by atoms with E-state index in [1.807, 2.05) is 12.2 Å². The highest BCUT2D eigenvalue weighted by atomic mass is 16.6. The van der Waals surface area contributed by atoms with Crippen molar-refractivity contribution in [2.75, 3.05) is 13.2 Å². The number of hydrogen-bond donors (Lipinski definition) is 0. The molecule has 0 fully saturated rings. The first-order chi connectivity index (χ1) is 35.0. The third-order valence-corrected chi connectivity index (χ3v) is 11.0. The predicted octanol–water partition coefficient (Wildman–Crippen LogP) is 19.0. The van der Waals surface area contributed by atoms with Crippen molar-refractivity contribution in [3.63, 3.8) is 0 Å². The van der Waals surface area contributed by atoms with Crippen LogP contribution in [0.15, 0.2) is 158 Å². The van der Waals surface area contributed by atoms with Crippen LogP contribution in [0.2, 0.25) is 0 Å². The molecule has 0 aromatic heterocycles. The Bertz CT molecular complexity index is 1640. The zero-order chi connectivity index (χ0) is 51.4. The molecule has 6 heteroatoms. The molecule has 0 aliphatic heterocycles. The monoisotopic (exact) mass is 977 g/mol. The maximum Gasteiger partial charge on any atom is 0.306 e. The molecule has 6 nitrogen and oxygen atoms in total. The van der Waals surface area contributed by atoms with Gasteiger partial charge in [0.15, 0.2) is 6.10 Å². The summed E-state index contributed by atoms with van der Waals surface area (Å²) in [7, 11) is 0. The number of hydrogen-bond acceptors (Lipinski definition) is 6. The lowest BCUT2D eigenvalue weighted by Gasteiger charge is -2.18. The van der Waals surface area contributed by atoms with Gasteiger partial charge in [-0.2, -0.15) is 0 Å². The first-order valence-corrected chi connectivity index (χ1v) is 28.0. The maximum atomic E-state index is 12.9. The molecule has 0 saturated heterocycles. The molecular weight excluding hydrogens is 877 g/mol. The topological polar surface area (TPSA) is 78.9 Å². The van der Waals surface area contributed by atoms with E-state index in [0.29, 0.717) is 12.8 Å². The van der Waals surface area contributed by atoms with Gasteiger partial charge in [0.05, 0.1) is 0 Å². The molecule has 0 heterocycles. The van der Waals surface area contributed by atoms with Crippen LogP contribution in [0.5, 0.6) is 0 Å². The number of ether oxygens (including phenoxy) is 3. The zero-order valence-corrected chi connectivity index (χ0v) is 45.2. The summed E-state index contributed by atoms with van der Waals surface area (Å²) in [4.78, 5) is 38.1. The second kappa shape index (κ2) is 57.6. The number of unbranched alkanes of at least 4 members (excludes halogenated alkanes) is 11. The van der Waals surface area contributed by atoms with E-state index in [1.165, 1.54) is 38.5 Å². The number of carbonyl (C=O) groups is 3. The van der Waals surface area contributed by atoms with Gasteiger partial charge in [-0.05, 0) is 135 Å². The highest BCUT2D eigenvalue weighted by Gasteiger charge is 2.19. The number of esters is 3. The first kappa shape index (κ1) is 66.0. The minimum atomic E-state index is -0.841. The zero-order valence-electron chi connectivity index (χ0n) is 45.2. The molecule has 0 amide bonds. The number of carbonyl (C=O) groups excluding carboxylic acids is 3. The lowest BCUT2D eigenvalue weighted by atomic mass is 10.1. The SMILES string of the molecule is CC/C=C\C/C=C\C/C=C\C/C=C\C/C=C\C/C=C\CCC(=O)OCC(COC(=O)CCCC/C=C\C/C=C\C/C=C\C/C=C\CC)OC(=O)CCCCCCCC/C=C\C/C=C\C/C=C\CCCCC. The molecule has 1 unspecified atom stereocenters. The Kier molecular flexibility index (Phi) is 53.6. The molecule has 71 heavy (non-hydrogen) atoms. The second-order valence-electron chi connectivity index (χ2n) is 17.7. The molecule has 0 N–H and O–H groups in total. The van der Waals surface area contributed by atoms with Crippen LogP contribution in [0.3, 0.4) is 0 Å². The fraction of sp³-hybridized carbons (Fsp3) is 0.554. The van der Waals surface area contributed by atoms with Gasteiger partial charge in [0.1, 0.15) is 13.2 Å². The summed E-state index contributed by atoms with van der Waals surface area (Å²) in [5.41, 5.74) is 0. The van der Waals surface area contributed by atoms with Crippen LogP contribution >= 0.6 is 0 Å². The molecule has 0 radical (unpaired) electrons. The maximum absolute atomic E-state index is 12.9. The summed E-state index contributed by atoms with van der Waals surface area (Å²) in [5, 5.41) is 0. The van der Waals surface area contributed by atoms with Crippen LogP contribution in [0.4, 0.5) is 0 Å². The Morgan fingerprint density at radius 2 is 0.577 bits per heavy atom. The van der Waals surface area contributed by atoms with E-state index in [2.05, 4.69) is 167 Å². The lowest BCUT2D eigenvalue weighted by Crippen LogP contribution is -2.30. The summed E-state index contributed by atoms with van der Waals surface area (Å²) >= 11 is 0. The standard InChI is InChI=1S/C65H100O6/c1-4-7-10-13-16-19-22-25-28-30-32-34-37-40-43-46-49-52-55-58-64(67)70-61-62(60-69-63(66)57-54-51-48-45-42-39-36-27-24-21-18-15-12-9-6-3)71-65(68)59-56-53-50-47-44-41-38-35-33-31-29-26-23-20-17-14-11-8-5-2/h7,9-10,12,16-21,25-29,32-36,40,42-43,45,49,52,62H,4-6,8,11,13-15,22-24,30-31,37-39,41,44,46-48,50-51,53-61H2,1-3H3/b10-7-,12-9-,19-16-,20-17-,21-18-,28-25-,29-26-,34-32-,35-33-,36-27-,43-40-,45-42-,52-49-. The van der Waals surface area contributed by atoms with Crippen molar-refractivity contribution in [2.45, 2.75) is 219 Å². The fourth-order valence-electron chi connectivity index (χ4n) is 6.88. The molecule has 0 bridgehead atoms. The van der Waals surface area contributed by atoms with Crippen LogP contribution < -0.4 is 0 Å². The van der Waals surface area contributed by atoms with Crippen LogP contribution in [-0.4, -0.2) is 37.2 Å². The quantitative estimate of drug-likeness (QED) is 0.0262. The Hall–Kier alpha value is -4.97. The third-order valence-electron chi connectivity index (χ3n) is 11.0. The van der Waals surface area contributed by atoms with E-state index in [-0.39, 0.29) is 50.4 Å². The van der Waals surface area contributed by atoms with Crippen molar-refractivity contribution in [3.8, 4) is 0 Å². The summed E-state index contributed by atoms with van der Waals surface area (Å²) in [6.45, 7) is 6.25. The first-order valence-electron chi connectivity index (χ1n) is 28.0. The van der Waals surface area contributed by atoms with Crippen LogP contribution in [0, 0.1) is 0 Å². The van der Waals surface area contributed by atoms with Crippen molar-refractivity contribution in [1.29, 1.82) is 0 Å². The highest BCUT2D eigenvalue weighted by Crippen LogP contribution is 2.12. The molecule has 0 aromatic rings. The van der Waals surface area contributed by atoms with E-state index in [9.17, 15) is 14.4 Å². The van der Waals surface area contributed by atoms with Crippen molar-refractivity contribution in [1.82, 2.24) is 0 Å². The molecule has 0 aliphatic carbocycles. The Balaban J connectivity index is 4.62. The van der Waals surface area contributed by atoms with Gasteiger partial charge in [-0.1, -0.05) is 217 Å². The molecule has 0 aliphatic rings. The Morgan fingerprint density at radius 3 is 0.972 bits per heavy atom. The van der Waals surface area contributed by atoms with Gasteiger partial charge < -0.3 is 14.2 Å². The molecule has 0 saturated carbocycles. The van der Waals surface area contributed by atoms with Crippen molar-refractivity contribution in [3.05, 3.63) is 158 Å². The fourth-order valence-corrected chi connectivity index (χ4v) is 6.88. The minimum Gasteiger partial charge on any atom is -0.462 e. The van der Waals surface area contributed by atoms with E-state index in [1.54, 1.807) is 0 Å². The van der Waals surface area contributed by atoms with Gasteiger partial charge in [-0.15, -0.1) is 0 Å². The van der Waals surface area contributed by atoms with Gasteiger partial charge >= 0.3 is 17.9 Å². The van der Waals surface area contributed by atoms with Gasteiger partial charge in [0.2, 0.25) is 0 Å². The Labute approximate surface area is 435 Å². The molecular formula is C65H100O6. The average molecular weight is 978 g/mol.